The molecule has 0 spiro atoms. The number of aromatic nitrogens is 2. The molecular weight excluding hydrogens is 258 g/mol. The van der Waals surface area contributed by atoms with Gasteiger partial charge in [0.25, 0.3) is 0 Å². The van der Waals surface area contributed by atoms with Crippen LogP contribution in [-0.4, -0.2) is 16.1 Å². The van der Waals surface area contributed by atoms with Gasteiger partial charge in [0.15, 0.2) is 0 Å². The highest BCUT2D eigenvalue weighted by molar-refractivity contribution is 5.19. The van der Waals surface area contributed by atoms with Gasteiger partial charge in [-0.25, -0.2) is 0 Å². The van der Waals surface area contributed by atoms with Gasteiger partial charge in [-0.15, -0.1) is 0 Å². The minimum atomic E-state index is 0.560. The lowest BCUT2D eigenvalue weighted by Crippen LogP contribution is -2.23. The van der Waals surface area contributed by atoms with Crippen LogP contribution in [0.4, 0.5) is 0 Å². The van der Waals surface area contributed by atoms with Gasteiger partial charge in [0.05, 0.1) is 0 Å². The molecule has 1 atom stereocenters. The van der Waals surface area contributed by atoms with Crippen molar-refractivity contribution in [3.63, 3.8) is 0 Å². The fourth-order valence-corrected chi connectivity index (χ4v) is 2.87. The van der Waals surface area contributed by atoms with Crippen LogP contribution in [0.3, 0.4) is 0 Å². The van der Waals surface area contributed by atoms with Crippen molar-refractivity contribution >= 4 is 0 Å². The maximum Gasteiger partial charge on any atom is 0.0363 e. The molecular formula is C18H25N3. The van der Waals surface area contributed by atoms with E-state index in [2.05, 4.69) is 46.3 Å². The first-order valence-electron chi connectivity index (χ1n) is 8.15. The van der Waals surface area contributed by atoms with Crippen LogP contribution < -0.4 is 5.32 Å². The molecule has 2 aromatic rings. The molecule has 2 heterocycles. The van der Waals surface area contributed by atoms with Crippen molar-refractivity contribution in [2.75, 3.05) is 6.54 Å². The Morgan fingerprint density at radius 1 is 1.38 bits per heavy atom. The molecule has 3 heteroatoms. The summed E-state index contributed by atoms with van der Waals surface area (Å²) in [7, 11) is 0. The Morgan fingerprint density at radius 2 is 2.29 bits per heavy atom. The van der Waals surface area contributed by atoms with Crippen LogP contribution in [0, 0.1) is 5.92 Å². The Kier molecular flexibility index (Phi) is 4.71. The molecule has 1 saturated carbocycles. The monoisotopic (exact) mass is 283 g/mol. The van der Waals surface area contributed by atoms with Crippen molar-refractivity contribution in [1.29, 1.82) is 0 Å². The van der Waals surface area contributed by atoms with Gasteiger partial charge in [-0.2, -0.15) is 0 Å². The van der Waals surface area contributed by atoms with Crippen LogP contribution in [0.25, 0.3) is 0 Å². The summed E-state index contributed by atoms with van der Waals surface area (Å²) in [5.74, 6) is 0.853. The molecule has 112 valence electrons. The van der Waals surface area contributed by atoms with Gasteiger partial charge in [0.2, 0.25) is 0 Å². The highest BCUT2D eigenvalue weighted by atomic mass is 15.0. The lowest BCUT2D eigenvalue weighted by Gasteiger charge is -2.16. The summed E-state index contributed by atoms with van der Waals surface area (Å²) >= 11 is 0. The number of rotatable bonds is 8. The lowest BCUT2D eigenvalue weighted by atomic mass is 10.1. The summed E-state index contributed by atoms with van der Waals surface area (Å²) < 4.78 is 2.31. The van der Waals surface area contributed by atoms with E-state index in [0.29, 0.717) is 6.04 Å². The number of aryl methyl sites for hydroxylation is 2. The molecule has 3 nitrogen and oxygen atoms in total. The fourth-order valence-electron chi connectivity index (χ4n) is 2.87. The fraction of sp³-hybridized carbons (Fsp3) is 0.500. The molecule has 1 aliphatic carbocycles. The largest absolute Gasteiger partial charge is 0.354 e. The maximum absolute atomic E-state index is 4.18. The number of pyridine rings is 1. The Hall–Kier alpha value is -1.61. The van der Waals surface area contributed by atoms with Gasteiger partial charge >= 0.3 is 0 Å². The molecule has 0 bridgehead atoms. The summed E-state index contributed by atoms with van der Waals surface area (Å²) in [5.41, 5.74) is 2.76. The van der Waals surface area contributed by atoms with Crippen molar-refractivity contribution in [3.05, 3.63) is 54.1 Å². The number of nitrogens with zero attached hydrogens (tertiary/aromatic N) is 2. The minimum Gasteiger partial charge on any atom is -0.354 e. The van der Waals surface area contributed by atoms with E-state index in [4.69, 9.17) is 0 Å². The average Bonchev–Trinajstić information content (AvgIpc) is 3.25. The molecule has 0 aliphatic heterocycles. The molecule has 0 saturated heterocycles. The van der Waals surface area contributed by atoms with Gasteiger partial charge < -0.3 is 9.88 Å². The summed E-state index contributed by atoms with van der Waals surface area (Å²) in [6, 6.07) is 7.00. The molecule has 3 rings (SSSR count). The molecule has 1 N–H and O–H groups in total. The molecule has 2 aromatic heterocycles. The summed E-state index contributed by atoms with van der Waals surface area (Å²) in [5, 5.41) is 3.71. The molecule has 0 radical (unpaired) electrons. The summed E-state index contributed by atoms with van der Waals surface area (Å²) in [4.78, 5) is 4.18. The second-order valence-corrected chi connectivity index (χ2v) is 6.06. The molecule has 0 aromatic carbocycles. The van der Waals surface area contributed by atoms with Gasteiger partial charge in [0, 0.05) is 37.4 Å². The Balaban J connectivity index is 1.59. The minimum absolute atomic E-state index is 0.560. The van der Waals surface area contributed by atoms with E-state index >= 15 is 0 Å². The first-order valence-corrected chi connectivity index (χ1v) is 8.15. The van der Waals surface area contributed by atoms with Gasteiger partial charge in [0.1, 0.15) is 0 Å². The van der Waals surface area contributed by atoms with Gasteiger partial charge in [-0.1, -0.05) is 13.0 Å². The number of hydrogen-bond donors (Lipinski definition) is 1. The zero-order valence-electron chi connectivity index (χ0n) is 12.8. The molecule has 0 amide bonds. The van der Waals surface area contributed by atoms with Crippen LogP contribution in [0.5, 0.6) is 0 Å². The third-order valence-corrected chi connectivity index (χ3v) is 4.22. The van der Waals surface area contributed by atoms with E-state index in [-0.39, 0.29) is 0 Å². The highest BCUT2D eigenvalue weighted by Crippen LogP contribution is 2.41. The van der Waals surface area contributed by atoms with Gasteiger partial charge in [-0.05, 0) is 61.4 Å². The summed E-state index contributed by atoms with van der Waals surface area (Å²) in [6.07, 6.45) is 13.3. The standard InChI is InChI=1S/C18H25N3/c1-2-9-20-18(16-5-6-16)17-8-12-21(14-17)11-7-15-4-3-10-19-13-15/h3-4,8,10,12-14,16,18,20H,2,5-7,9,11H2,1H3. The first kappa shape index (κ1) is 14.3. The van der Waals surface area contributed by atoms with E-state index in [1.165, 1.54) is 30.4 Å². The van der Waals surface area contributed by atoms with Crippen LogP contribution in [0.2, 0.25) is 0 Å². The SMILES string of the molecule is CCCNC(c1ccn(CCc2cccnc2)c1)C1CC1. The predicted molar refractivity (Wildman–Crippen MR) is 86.1 cm³/mol. The topological polar surface area (TPSA) is 29.9 Å². The first-order chi connectivity index (χ1) is 10.4. The molecule has 1 aliphatic rings. The molecule has 1 unspecified atom stereocenters. The van der Waals surface area contributed by atoms with Crippen LogP contribution in [0.1, 0.15) is 43.4 Å². The van der Waals surface area contributed by atoms with Crippen LogP contribution in [-0.2, 0) is 13.0 Å². The van der Waals surface area contributed by atoms with E-state index < -0.39 is 0 Å². The normalized spacial score (nSPS) is 16.0. The van der Waals surface area contributed by atoms with Crippen molar-refractivity contribution in [2.45, 2.75) is 45.2 Å². The maximum atomic E-state index is 4.18. The zero-order chi connectivity index (χ0) is 14.5. The average molecular weight is 283 g/mol. The lowest BCUT2D eigenvalue weighted by molar-refractivity contribution is 0.480. The third-order valence-electron chi connectivity index (χ3n) is 4.22. The van der Waals surface area contributed by atoms with Crippen molar-refractivity contribution in [2.24, 2.45) is 5.92 Å². The quantitative estimate of drug-likeness (QED) is 0.802. The predicted octanol–water partition coefficient (Wildman–Crippen LogP) is 3.58. The van der Waals surface area contributed by atoms with Gasteiger partial charge in [-0.3, -0.25) is 4.98 Å². The summed E-state index contributed by atoms with van der Waals surface area (Å²) in [6.45, 7) is 4.37. The third kappa shape index (κ3) is 3.94. The molecule has 21 heavy (non-hydrogen) atoms. The Labute approximate surface area is 127 Å². The van der Waals surface area contributed by atoms with Crippen LogP contribution in [0.15, 0.2) is 43.0 Å². The number of nitrogens with one attached hydrogen (secondary N) is 1. The second-order valence-electron chi connectivity index (χ2n) is 6.06. The second kappa shape index (κ2) is 6.90. The highest BCUT2D eigenvalue weighted by Gasteiger charge is 2.32. The van der Waals surface area contributed by atoms with E-state index in [9.17, 15) is 0 Å². The van der Waals surface area contributed by atoms with Crippen molar-refractivity contribution in [1.82, 2.24) is 14.9 Å². The smallest absolute Gasteiger partial charge is 0.0363 e. The van der Waals surface area contributed by atoms with Crippen molar-refractivity contribution < 1.29 is 0 Å². The van der Waals surface area contributed by atoms with Crippen molar-refractivity contribution in [3.8, 4) is 0 Å². The number of hydrogen-bond acceptors (Lipinski definition) is 2. The van der Waals surface area contributed by atoms with Crippen LogP contribution >= 0.6 is 0 Å². The molecule has 1 fully saturated rings. The zero-order valence-corrected chi connectivity index (χ0v) is 12.8. The Morgan fingerprint density at radius 3 is 3.00 bits per heavy atom. The van der Waals surface area contributed by atoms with E-state index in [0.717, 1.165) is 25.4 Å². The van der Waals surface area contributed by atoms with E-state index in [1.807, 2.05) is 18.5 Å². The van der Waals surface area contributed by atoms with E-state index in [1.54, 1.807) is 0 Å². The Bertz CT molecular complexity index is 543.